The molecule has 0 amide bonds. The van der Waals surface area contributed by atoms with Gasteiger partial charge in [-0.05, 0) is 44.4 Å². The molecule has 2 fully saturated rings. The van der Waals surface area contributed by atoms with Gasteiger partial charge in [0.05, 0.1) is 11.2 Å². The van der Waals surface area contributed by atoms with Crippen molar-refractivity contribution < 1.29 is 4.74 Å². The second-order valence-corrected chi connectivity index (χ2v) is 9.37. The first kappa shape index (κ1) is 21.8. The lowest BCUT2D eigenvalue weighted by molar-refractivity contribution is -0.123. The largest absolute Gasteiger partial charge is 0.375 e. The first-order chi connectivity index (χ1) is 15.0. The van der Waals surface area contributed by atoms with E-state index in [1.165, 1.54) is 5.56 Å². The molecule has 31 heavy (non-hydrogen) atoms. The second kappa shape index (κ2) is 9.35. The molecule has 2 aliphatic rings. The Morgan fingerprint density at radius 3 is 2.58 bits per heavy atom. The number of benzene rings is 1. The van der Waals surface area contributed by atoms with Crippen LogP contribution in [0.15, 0.2) is 48.7 Å². The molecule has 1 unspecified atom stereocenters. The van der Waals surface area contributed by atoms with Crippen molar-refractivity contribution >= 4 is 5.82 Å². The van der Waals surface area contributed by atoms with Crippen molar-refractivity contribution in [3.8, 4) is 6.07 Å². The molecule has 3 heterocycles. The van der Waals surface area contributed by atoms with Gasteiger partial charge in [-0.1, -0.05) is 30.3 Å². The molecule has 2 aliphatic heterocycles. The first-order valence-electron chi connectivity index (χ1n) is 11.2. The van der Waals surface area contributed by atoms with Crippen LogP contribution in [0.2, 0.25) is 0 Å². The number of aromatic nitrogens is 1. The van der Waals surface area contributed by atoms with Gasteiger partial charge in [-0.25, -0.2) is 4.98 Å². The molecular weight excluding hydrogens is 386 g/mol. The Hall–Kier alpha value is -2.46. The molecule has 0 saturated carbocycles. The molecule has 6 heteroatoms. The lowest BCUT2D eigenvalue weighted by atomic mass is 9.79. The van der Waals surface area contributed by atoms with Gasteiger partial charge in [0.25, 0.3) is 0 Å². The van der Waals surface area contributed by atoms with Gasteiger partial charge < -0.3 is 10.1 Å². The van der Waals surface area contributed by atoms with Gasteiger partial charge in [-0.3, -0.25) is 9.80 Å². The van der Waals surface area contributed by atoms with Gasteiger partial charge in [0.2, 0.25) is 0 Å². The molecule has 2 saturated heterocycles. The monoisotopic (exact) mass is 419 g/mol. The van der Waals surface area contributed by atoms with Crippen LogP contribution in [0.3, 0.4) is 0 Å². The highest BCUT2D eigenvalue weighted by molar-refractivity contribution is 5.51. The van der Waals surface area contributed by atoms with E-state index in [1.54, 1.807) is 6.20 Å². The maximum atomic E-state index is 9.44. The molecular formula is C25H33N5O. The van der Waals surface area contributed by atoms with Crippen LogP contribution in [0.4, 0.5) is 5.82 Å². The summed E-state index contributed by atoms with van der Waals surface area (Å²) in [6.45, 7) is 11.1. The van der Waals surface area contributed by atoms with Crippen LogP contribution in [0.5, 0.6) is 0 Å². The lowest BCUT2D eigenvalue weighted by Gasteiger charge is -2.53. The van der Waals surface area contributed by atoms with Crippen LogP contribution < -0.4 is 5.32 Å². The number of nitrogens with one attached hydrogen (secondary N) is 1. The minimum absolute atomic E-state index is 0.00909. The number of hydrogen-bond donors (Lipinski definition) is 1. The maximum Gasteiger partial charge on any atom is 0.143 e. The third-order valence-corrected chi connectivity index (χ3v) is 6.62. The van der Waals surface area contributed by atoms with Gasteiger partial charge >= 0.3 is 0 Å². The number of pyridine rings is 1. The lowest BCUT2D eigenvalue weighted by Crippen LogP contribution is -2.64. The molecule has 0 spiro atoms. The Morgan fingerprint density at radius 2 is 1.87 bits per heavy atom. The number of ether oxygens (including phenoxy) is 1. The molecule has 6 nitrogen and oxygen atoms in total. The molecule has 164 valence electrons. The molecule has 1 atom stereocenters. The normalized spacial score (nSPS) is 24.4. The van der Waals surface area contributed by atoms with Gasteiger partial charge in [-0.2, -0.15) is 5.26 Å². The number of rotatable bonds is 6. The van der Waals surface area contributed by atoms with E-state index in [0.717, 1.165) is 58.7 Å². The summed E-state index contributed by atoms with van der Waals surface area (Å²) >= 11 is 0. The summed E-state index contributed by atoms with van der Waals surface area (Å²) in [5, 5.41) is 13.0. The molecule has 1 N–H and O–H groups in total. The quantitative estimate of drug-likeness (QED) is 0.773. The highest BCUT2D eigenvalue weighted by Gasteiger charge is 2.45. The first-order valence-corrected chi connectivity index (χ1v) is 11.2. The SMILES string of the molecule is CC1(C)CC(CNc2ncccc2C#N)(N2CCN(Cc3ccccc3)CC2)CCO1. The number of piperazine rings is 1. The van der Waals surface area contributed by atoms with Crippen molar-refractivity contribution in [2.45, 2.75) is 44.4 Å². The maximum absolute atomic E-state index is 9.44. The van der Waals surface area contributed by atoms with Crippen LogP contribution in [-0.4, -0.2) is 65.3 Å². The van der Waals surface area contributed by atoms with Crippen LogP contribution in [0.25, 0.3) is 0 Å². The van der Waals surface area contributed by atoms with Crippen LogP contribution >= 0.6 is 0 Å². The fourth-order valence-electron chi connectivity index (χ4n) is 5.09. The highest BCUT2D eigenvalue weighted by atomic mass is 16.5. The summed E-state index contributed by atoms with van der Waals surface area (Å²) in [5.74, 6) is 0.677. The average Bonchev–Trinajstić information content (AvgIpc) is 2.78. The fourth-order valence-corrected chi connectivity index (χ4v) is 5.09. The van der Waals surface area contributed by atoms with Crippen molar-refractivity contribution in [3.05, 3.63) is 59.8 Å². The summed E-state index contributed by atoms with van der Waals surface area (Å²) in [7, 11) is 0. The van der Waals surface area contributed by atoms with Crippen molar-refractivity contribution in [1.82, 2.24) is 14.8 Å². The average molecular weight is 420 g/mol. The summed E-state index contributed by atoms with van der Waals surface area (Å²) in [4.78, 5) is 9.61. The van der Waals surface area contributed by atoms with Gasteiger partial charge in [-0.15, -0.1) is 0 Å². The zero-order valence-electron chi connectivity index (χ0n) is 18.7. The number of hydrogen-bond acceptors (Lipinski definition) is 6. The van der Waals surface area contributed by atoms with Crippen LogP contribution in [-0.2, 0) is 11.3 Å². The van der Waals surface area contributed by atoms with E-state index in [2.05, 4.69) is 70.3 Å². The minimum atomic E-state index is -0.163. The second-order valence-electron chi connectivity index (χ2n) is 9.37. The van der Waals surface area contributed by atoms with E-state index in [4.69, 9.17) is 4.74 Å². The highest BCUT2D eigenvalue weighted by Crippen LogP contribution is 2.37. The zero-order valence-corrected chi connectivity index (χ0v) is 18.7. The van der Waals surface area contributed by atoms with E-state index < -0.39 is 0 Å². The van der Waals surface area contributed by atoms with Crippen molar-refractivity contribution in [3.63, 3.8) is 0 Å². The molecule has 0 radical (unpaired) electrons. The number of nitriles is 1. The summed E-state index contributed by atoms with van der Waals surface area (Å²) in [5.41, 5.74) is 1.80. The van der Waals surface area contributed by atoms with E-state index in [0.29, 0.717) is 11.4 Å². The van der Waals surface area contributed by atoms with Crippen molar-refractivity contribution in [1.29, 1.82) is 5.26 Å². The number of nitrogens with zero attached hydrogens (tertiary/aromatic N) is 4. The van der Waals surface area contributed by atoms with Crippen LogP contribution in [0, 0.1) is 11.3 Å². The Bertz CT molecular complexity index is 902. The summed E-state index contributed by atoms with van der Waals surface area (Å²) < 4.78 is 6.08. The molecule has 1 aromatic heterocycles. The van der Waals surface area contributed by atoms with Crippen LogP contribution in [0.1, 0.15) is 37.8 Å². The van der Waals surface area contributed by atoms with Gasteiger partial charge in [0.15, 0.2) is 0 Å². The van der Waals surface area contributed by atoms with E-state index in [1.807, 2.05) is 12.1 Å². The Morgan fingerprint density at radius 1 is 1.10 bits per heavy atom. The topological polar surface area (TPSA) is 64.4 Å². The van der Waals surface area contributed by atoms with E-state index in [9.17, 15) is 5.26 Å². The smallest absolute Gasteiger partial charge is 0.143 e. The fraction of sp³-hybridized carbons (Fsp3) is 0.520. The Balaban J connectivity index is 1.46. The molecule has 2 aromatic rings. The van der Waals surface area contributed by atoms with Crippen molar-refractivity contribution in [2.75, 3.05) is 44.6 Å². The van der Waals surface area contributed by atoms with E-state index in [-0.39, 0.29) is 11.1 Å². The molecule has 4 rings (SSSR count). The van der Waals surface area contributed by atoms with Gasteiger partial charge in [0.1, 0.15) is 11.9 Å². The summed E-state index contributed by atoms with van der Waals surface area (Å²) in [6, 6.07) is 16.6. The zero-order chi connectivity index (χ0) is 21.7. The third-order valence-electron chi connectivity index (χ3n) is 6.62. The standard InChI is InChI=1S/C25H33N5O/c1-24(2)19-25(10-16-31-24,20-28-23-22(17-26)9-6-11-27-23)30-14-12-29(13-15-30)18-21-7-4-3-5-8-21/h3-9,11H,10,12-16,18-20H2,1-2H3,(H,27,28). The predicted octanol–water partition coefficient (Wildman–Crippen LogP) is 3.51. The predicted molar refractivity (Wildman–Crippen MR) is 123 cm³/mol. The third kappa shape index (κ3) is 5.24. The molecule has 0 bridgehead atoms. The Kier molecular flexibility index (Phi) is 6.57. The Labute approximate surface area is 185 Å². The number of anilines is 1. The van der Waals surface area contributed by atoms with Crippen molar-refractivity contribution in [2.24, 2.45) is 0 Å². The summed E-state index contributed by atoms with van der Waals surface area (Å²) in [6.07, 6.45) is 3.68. The molecule has 0 aliphatic carbocycles. The minimum Gasteiger partial charge on any atom is -0.375 e. The van der Waals surface area contributed by atoms with E-state index >= 15 is 0 Å². The van der Waals surface area contributed by atoms with Gasteiger partial charge in [0, 0.05) is 57.6 Å². The molecule has 1 aromatic carbocycles.